The fourth-order valence-corrected chi connectivity index (χ4v) is 4.47. The molecule has 0 aliphatic carbocycles. The van der Waals surface area contributed by atoms with Gasteiger partial charge in [-0.15, -0.1) is 0 Å². The first-order valence-electron chi connectivity index (χ1n) is 11.1. The summed E-state index contributed by atoms with van der Waals surface area (Å²) < 4.78 is 92.3. The normalized spacial score (nSPS) is 16.4. The highest BCUT2D eigenvalue weighted by Gasteiger charge is 2.74. The van der Waals surface area contributed by atoms with E-state index in [0.717, 1.165) is 10.6 Å². The largest absolute Gasteiger partial charge is 0.493 e. The van der Waals surface area contributed by atoms with Crippen molar-refractivity contribution in [2.75, 3.05) is 19.2 Å². The third-order valence-electron chi connectivity index (χ3n) is 6.26. The maximum Gasteiger partial charge on any atom is 0.431 e. The molecule has 1 N–H and O–H groups in total. The van der Waals surface area contributed by atoms with Gasteiger partial charge in [0.1, 0.15) is 0 Å². The minimum atomic E-state index is -6.05. The Morgan fingerprint density at radius 3 is 1.97 bits per heavy atom. The number of rotatable bonds is 6. The molecule has 1 atom stereocenters. The summed E-state index contributed by atoms with van der Waals surface area (Å²) in [5, 5.41) is 14.7. The van der Waals surface area contributed by atoms with Crippen LogP contribution in [-0.4, -0.2) is 43.0 Å². The monoisotopic (exact) mass is 558 g/mol. The summed E-state index contributed by atoms with van der Waals surface area (Å²) in [7, 11) is 2.97. The van der Waals surface area contributed by atoms with E-state index < -0.39 is 36.1 Å². The maximum absolute atomic E-state index is 13.6. The Morgan fingerprint density at radius 1 is 0.842 bits per heavy atom. The van der Waals surface area contributed by atoms with Crippen LogP contribution in [0, 0.1) is 0 Å². The second-order valence-corrected chi connectivity index (χ2v) is 8.87. The molecule has 1 heterocycles. The lowest BCUT2D eigenvalue weighted by Gasteiger charge is -2.32. The first-order chi connectivity index (χ1) is 17.8. The van der Waals surface area contributed by atoms with Crippen LogP contribution in [0.2, 0.25) is 5.02 Å². The van der Waals surface area contributed by atoms with Crippen molar-refractivity contribution in [3.05, 3.63) is 77.3 Å². The average Bonchev–Trinajstić information content (AvgIpc) is 3.32. The number of benzene rings is 3. The van der Waals surface area contributed by atoms with Crippen LogP contribution in [0.5, 0.6) is 11.5 Å². The zero-order chi connectivity index (χ0) is 27.9. The van der Waals surface area contributed by atoms with E-state index in [0.29, 0.717) is 22.6 Å². The molecule has 5 nitrogen and oxygen atoms in total. The molecule has 1 aliphatic heterocycles. The topological polar surface area (TPSA) is 54.3 Å². The van der Waals surface area contributed by atoms with Crippen molar-refractivity contribution in [1.29, 1.82) is 0 Å². The minimum Gasteiger partial charge on any atom is -0.493 e. The van der Waals surface area contributed by atoms with E-state index in [2.05, 4.69) is 5.10 Å². The van der Waals surface area contributed by atoms with Crippen molar-refractivity contribution >= 4 is 23.0 Å². The summed E-state index contributed by atoms with van der Waals surface area (Å²) in [5.41, 5.74) is -4.71. The highest BCUT2D eigenvalue weighted by Crippen LogP contribution is 2.49. The Labute approximate surface area is 218 Å². The fourth-order valence-electron chi connectivity index (χ4n) is 4.25. The lowest BCUT2D eigenvalue weighted by molar-refractivity contribution is -0.338. The Balaban J connectivity index is 1.76. The SMILES string of the molecule is COc1ccc(-c2ccc(C3CC(C(O)(C(F)(F)F)C(F)(F)F)=NN3c3ccccc3Cl)cc2)cc1OC. The molecule has 1 unspecified atom stereocenters. The highest BCUT2D eigenvalue weighted by molar-refractivity contribution is 6.33. The van der Waals surface area contributed by atoms with Crippen LogP contribution < -0.4 is 14.5 Å². The standard InChI is InChI=1S/C26H21ClF6N2O3/c1-37-21-12-11-17(13-22(21)38-2)15-7-9-16(10-8-15)20-14-23(24(36,25(28,29)30)26(31,32)33)34-35(20)19-6-4-3-5-18(19)27/h3-13,20,36H,14H2,1-2H3. The number of anilines is 1. The first-order valence-corrected chi connectivity index (χ1v) is 11.5. The van der Waals surface area contributed by atoms with Crippen molar-refractivity contribution in [3.8, 4) is 22.6 Å². The van der Waals surface area contributed by atoms with Crippen molar-refractivity contribution in [1.82, 2.24) is 0 Å². The molecule has 12 heteroatoms. The number of alkyl halides is 6. The third kappa shape index (κ3) is 4.76. The number of aliphatic hydroxyl groups is 1. The number of hydrazone groups is 1. The molecule has 0 saturated heterocycles. The zero-order valence-corrected chi connectivity index (χ0v) is 20.7. The number of ether oxygens (including phenoxy) is 2. The van der Waals surface area contributed by atoms with Gasteiger partial charge in [-0.25, -0.2) is 0 Å². The molecule has 0 bridgehead atoms. The predicted molar refractivity (Wildman–Crippen MR) is 131 cm³/mol. The molecule has 0 aromatic heterocycles. The quantitative estimate of drug-likeness (QED) is 0.325. The summed E-state index contributed by atoms with van der Waals surface area (Å²) in [6.07, 6.45) is -13.0. The summed E-state index contributed by atoms with van der Waals surface area (Å²) in [6.45, 7) is 0. The van der Waals surface area contributed by atoms with Gasteiger partial charge in [0.25, 0.3) is 5.60 Å². The van der Waals surface area contributed by atoms with Crippen LogP contribution in [0.1, 0.15) is 18.0 Å². The lowest BCUT2D eigenvalue weighted by atomic mass is 9.89. The van der Waals surface area contributed by atoms with Crippen LogP contribution in [0.4, 0.5) is 32.0 Å². The second-order valence-electron chi connectivity index (χ2n) is 8.46. The first kappa shape index (κ1) is 27.6. The van der Waals surface area contributed by atoms with Gasteiger partial charge in [0, 0.05) is 6.42 Å². The van der Waals surface area contributed by atoms with Gasteiger partial charge >= 0.3 is 12.4 Å². The molecule has 0 fully saturated rings. The van der Waals surface area contributed by atoms with E-state index in [-0.39, 0.29) is 10.7 Å². The van der Waals surface area contributed by atoms with Crippen LogP contribution in [0.15, 0.2) is 71.8 Å². The molecular formula is C26H21ClF6N2O3. The van der Waals surface area contributed by atoms with Gasteiger partial charge in [0.15, 0.2) is 11.5 Å². The van der Waals surface area contributed by atoms with Crippen LogP contribution in [0.25, 0.3) is 11.1 Å². The van der Waals surface area contributed by atoms with Crippen molar-refractivity contribution in [2.45, 2.75) is 30.4 Å². The lowest BCUT2D eigenvalue weighted by Crippen LogP contribution is -2.62. The molecule has 0 spiro atoms. The number of para-hydroxylation sites is 1. The van der Waals surface area contributed by atoms with Gasteiger partial charge in [-0.1, -0.05) is 54.1 Å². The molecule has 1 aliphatic rings. The van der Waals surface area contributed by atoms with Crippen LogP contribution in [0.3, 0.4) is 0 Å². The minimum absolute atomic E-state index is 0.0620. The van der Waals surface area contributed by atoms with Crippen molar-refractivity contribution in [2.24, 2.45) is 5.10 Å². The number of hydrogen-bond donors (Lipinski definition) is 1. The van der Waals surface area contributed by atoms with Crippen molar-refractivity contribution in [3.63, 3.8) is 0 Å². The second kappa shape index (κ2) is 10.0. The summed E-state index contributed by atoms with van der Waals surface area (Å²) in [5.74, 6) is 0.993. The molecule has 0 radical (unpaired) electrons. The Hall–Kier alpha value is -3.44. The summed E-state index contributed by atoms with van der Waals surface area (Å²) >= 11 is 6.22. The summed E-state index contributed by atoms with van der Waals surface area (Å²) in [6, 6.07) is 16.5. The molecule has 0 amide bonds. The van der Waals surface area contributed by atoms with E-state index in [4.69, 9.17) is 21.1 Å². The Kier molecular flexibility index (Phi) is 7.28. The Bertz CT molecular complexity index is 1330. The van der Waals surface area contributed by atoms with E-state index in [1.165, 1.54) is 32.4 Å². The Morgan fingerprint density at radius 2 is 1.42 bits per heavy atom. The number of halogens is 7. The molecular weight excluding hydrogens is 538 g/mol. The molecule has 3 aromatic carbocycles. The van der Waals surface area contributed by atoms with Crippen LogP contribution in [-0.2, 0) is 0 Å². The summed E-state index contributed by atoms with van der Waals surface area (Å²) in [4.78, 5) is 0. The predicted octanol–water partition coefficient (Wildman–Crippen LogP) is 7.19. The average molecular weight is 559 g/mol. The van der Waals surface area contributed by atoms with Crippen molar-refractivity contribution < 1.29 is 40.9 Å². The molecule has 3 aromatic rings. The van der Waals surface area contributed by atoms with Gasteiger partial charge in [-0.2, -0.15) is 31.4 Å². The van der Waals surface area contributed by atoms with Gasteiger partial charge < -0.3 is 14.6 Å². The molecule has 38 heavy (non-hydrogen) atoms. The fraction of sp³-hybridized carbons (Fsp3) is 0.269. The van der Waals surface area contributed by atoms with Gasteiger partial charge in [-0.05, 0) is 41.0 Å². The van der Waals surface area contributed by atoms with E-state index in [9.17, 15) is 31.4 Å². The van der Waals surface area contributed by atoms with Crippen LogP contribution >= 0.6 is 11.6 Å². The number of hydrogen-bond acceptors (Lipinski definition) is 5. The molecule has 0 saturated carbocycles. The zero-order valence-electron chi connectivity index (χ0n) is 19.9. The van der Waals surface area contributed by atoms with Gasteiger partial charge in [0.2, 0.25) is 0 Å². The van der Waals surface area contributed by atoms with E-state index in [1.807, 2.05) is 0 Å². The molecule has 4 rings (SSSR count). The maximum atomic E-state index is 13.6. The third-order valence-corrected chi connectivity index (χ3v) is 6.58. The number of nitrogens with zero attached hydrogens (tertiary/aromatic N) is 2. The van der Waals surface area contributed by atoms with Gasteiger partial charge in [-0.3, -0.25) is 5.01 Å². The van der Waals surface area contributed by atoms with E-state index in [1.54, 1.807) is 48.5 Å². The van der Waals surface area contributed by atoms with Gasteiger partial charge in [0.05, 0.1) is 36.7 Å². The number of methoxy groups -OCH3 is 2. The smallest absolute Gasteiger partial charge is 0.431 e. The molecule has 202 valence electrons. The highest BCUT2D eigenvalue weighted by atomic mass is 35.5. The van der Waals surface area contributed by atoms with E-state index >= 15 is 0 Å².